The van der Waals surface area contributed by atoms with Gasteiger partial charge in [0.15, 0.2) is 0 Å². The summed E-state index contributed by atoms with van der Waals surface area (Å²) >= 11 is 0. The van der Waals surface area contributed by atoms with E-state index in [1.807, 2.05) is 0 Å². The predicted octanol–water partition coefficient (Wildman–Crippen LogP) is 1.15. The number of amides is 2. The van der Waals surface area contributed by atoms with Gasteiger partial charge >= 0.3 is 6.18 Å². The fraction of sp³-hybridized carbons (Fsp3) is 0.600. The summed E-state index contributed by atoms with van der Waals surface area (Å²) in [5.41, 5.74) is -0.644. The zero-order valence-corrected chi connectivity index (χ0v) is 18.5. The van der Waals surface area contributed by atoms with Crippen LogP contribution in [0.25, 0.3) is 0 Å². The number of carbonyl (C=O) groups is 2. The number of piperidine rings is 2. The average molecular weight is 492 g/mol. The molecule has 2 amide bonds. The molecule has 0 atom stereocenters. The monoisotopic (exact) mass is 492 g/mol. The maximum Gasteiger partial charge on any atom is 0.416 e. The van der Waals surface area contributed by atoms with Gasteiger partial charge in [-0.1, -0.05) is 18.2 Å². The number of hydrogen-bond acceptors (Lipinski definition) is 6. The molecule has 1 aromatic carbocycles. The van der Waals surface area contributed by atoms with Gasteiger partial charge in [0, 0.05) is 26.2 Å². The summed E-state index contributed by atoms with van der Waals surface area (Å²) in [5, 5.41) is 20.2. The number of halogens is 3. The molecule has 0 aromatic heterocycles. The van der Waals surface area contributed by atoms with Crippen LogP contribution in [0.1, 0.15) is 42.7 Å². The van der Waals surface area contributed by atoms with E-state index in [0.29, 0.717) is 0 Å². The van der Waals surface area contributed by atoms with Gasteiger partial charge in [0.25, 0.3) is 5.91 Å². The van der Waals surface area contributed by atoms with E-state index in [4.69, 9.17) is 5.21 Å². The highest BCUT2D eigenvalue weighted by Gasteiger charge is 2.47. The molecule has 2 N–H and O–H groups in total. The lowest BCUT2D eigenvalue weighted by molar-refractivity contribution is -0.267. The summed E-state index contributed by atoms with van der Waals surface area (Å²) in [6.07, 6.45) is -5.82. The van der Waals surface area contributed by atoms with E-state index in [0.717, 1.165) is 15.3 Å². The molecule has 9 nitrogen and oxygen atoms in total. The number of sulfonamides is 1. The van der Waals surface area contributed by atoms with Gasteiger partial charge < -0.3 is 14.8 Å². The Kier molecular flexibility index (Phi) is 7.24. The van der Waals surface area contributed by atoms with E-state index < -0.39 is 50.8 Å². The van der Waals surface area contributed by atoms with Crippen molar-refractivity contribution in [2.75, 3.05) is 31.9 Å². The molecule has 0 unspecified atom stereocenters. The standard InChI is InChI=1S/C20H26F3N3O6S/c21-20(22,23)16-4-2-1-3-15(16)14-5-9-26(10-6-14)33(31,32)13-19(17(27)24-30)7-11-25(12-8-19)18(28)29/h1-4,14,30H,5-13H2,(H,24,27)(H,28,29)/p-1. The van der Waals surface area contributed by atoms with E-state index in [-0.39, 0.29) is 57.4 Å². The molecule has 2 aliphatic heterocycles. The van der Waals surface area contributed by atoms with Gasteiger partial charge in [-0.25, -0.2) is 18.2 Å². The third-order valence-corrected chi connectivity index (χ3v) is 8.64. The van der Waals surface area contributed by atoms with Crippen LogP contribution in [0.5, 0.6) is 0 Å². The van der Waals surface area contributed by atoms with Crippen molar-refractivity contribution >= 4 is 22.0 Å². The summed E-state index contributed by atoms with van der Waals surface area (Å²) < 4.78 is 67.4. The van der Waals surface area contributed by atoms with Crippen LogP contribution in [0.3, 0.4) is 0 Å². The minimum Gasteiger partial charge on any atom is -0.530 e. The Morgan fingerprint density at radius 1 is 1.12 bits per heavy atom. The maximum absolute atomic E-state index is 13.4. The van der Waals surface area contributed by atoms with Gasteiger partial charge in [0.05, 0.1) is 16.7 Å². The second-order valence-electron chi connectivity index (χ2n) is 8.49. The first-order valence-corrected chi connectivity index (χ1v) is 12.0. The van der Waals surface area contributed by atoms with Crippen LogP contribution >= 0.6 is 0 Å². The summed E-state index contributed by atoms with van der Waals surface area (Å²) in [5.74, 6) is -2.02. The van der Waals surface area contributed by atoms with Crippen molar-refractivity contribution in [3.8, 4) is 0 Å². The van der Waals surface area contributed by atoms with Crippen LogP contribution in [0, 0.1) is 5.41 Å². The second-order valence-corrected chi connectivity index (χ2v) is 10.5. The normalized spacial score (nSPS) is 20.4. The van der Waals surface area contributed by atoms with Crippen molar-refractivity contribution in [2.45, 2.75) is 37.8 Å². The van der Waals surface area contributed by atoms with Crippen molar-refractivity contribution in [3.05, 3.63) is 35.4 Å². The Balaban J connectivity index is 1.72. The Morgan fingerprint density at radius 3 is 2.21 bits per heavy atom. The van der Waals surface area contributed by atoms with Crippen LogP contribution in [0.4, 0.5) is 18.0 Å². The molecule has 1 aromatic rings. The zero-order valence-electron chi connectivity index (χ0n) is 17.7. The lowest BCUT2D eigenvalue weighted by Gasteiger charge is -2.42. The lowest BCUT2D eigenvalue weighted by atomic mass is 9.79. The number of carboxylic acid groups (broad SMARTS) is 1. The number of benzene rings is 1. The number of likely N-dealkylation sites (tertiary alicyclic amines) is 1. The fourth-order valence-electron chi connectivity index (χ4n) is 4.67. The molecule has 0 spiro atoms. The number of nitrogens with zero attached hydrogens (tertiary/aromatic N) is 2. The van der Waals surface area contributed by atoms with Crippen LogP contribution < -0.4 is 10.6 Å². The topological polar surface area (TPSA) is 130 Å². The molecule has 0 bridgehead atoms. The van der Waals surface area contributed by atoms with Crippen molar-refractivity contribution in [3.63, 3.8) is 0 Å². The van der Waals surface area contributed by atoms with Crippen molar-refractivity contribution in [2.24, 2.45) is 5.41 Å². The lowest BCUT2D eigenvalue weighted by Crippen LogP contribution is -2.56. The Hall–Kier alpha value is -2.38. The third kappa shape index (κ3) is 5.41. The Morgan fingerprint density at radius 2 is 1.70 bits per heavy atom. The fourth-order valence-corrected chi connectivity index (χ4v) is 6.74. The summed E-state index contributed by atoms with van der Waals surface area (Å²) in [6, 6.07) is 5.24. The smallest absolute Gasteiger partial charge is 0.416 e. The third-order valence-electron chi connectivity index (χ3n) is 6.57. The molecule has 2 heterocycles. The van der Waals surface area contributed by atoms with Gasteiger partial charge in [-0.2, -0.15) is 13.2 Å². The average Bonchev–Trinajstić information content (AvgIpc) is 2.78. The molecule has 184 valence electrons. The number of carbonyl (C=O) groups excluding carboxylic acids is 2. The number of alkyl halides is 3. The molecule has 2 saturated heterocycles. The molecule has 0 radical (unpaired) electrons. The van der Waals surface area contributed by atoms with E-state index in [9.17, 15) is 36.3 Å². The molecule has 2 fully saturated rings. The zero-order chi connectivity index (χ0) is 24.4. The predicted molar refractivity (Wildman–Crippen MR) is 107 cm³/mol. The Labute approximate surface area is 189 Å². The maximum atomic E-state index is 13.4. The second kappa shape index (κ2) is 9.47. The molecular weight excluding hydrogens is 467 g/mol. The van der Waals surface area contributed by atoms with E-state index >= 15 is 0 Å². The summed E-state index contributed by atoms with van der Waals surface area (Å²) in [7, 11) is -4.02. The number of rotatable bonds is 5. The Bertz CT molecular complexity index is 985. The minimum absolute atomic E-state index is 0.0127. The van der Waals surface area contributed by atoms with Crippen molar-refractivity contribution in [1.82, 2.24) is 14.7 Å². The van der Waals surface area contributed by atoms with Gasteiger partial charge in [0.1, 0.15) is 6.09 Å². The van der Waals surface area contributed by atoms with Crippen LogP contribution in [0.2, 0.25) is 0 Å². The molecule has 13 heteroatoms. The highest BCUT2D eigenvalue weighted by atomic mass is 32.2. The van der Waals surface area contributed by atoms with Gasteiger partial charge in [-0.05, 0) is 43.2 Å². The SMILES string of the molecule is O=C([O-])N1CCC(CS(=O)(=O)N2CCC(c3ccccc3C(F)(F)F)CC2)(C(=O)NO)CC1. The minimum atomic E-state index is -4.51. The van der Waals surface area contributed by atoms with Gasteiger partial charge in [-0.3, -0.25) is 10.0 Å². The van der Waals surface area contributed by atoms with Crippen LogP contribution in [-0.4, -0.2) is 66.8 Å². The van der Waals surface area contributed by atoms with Crippen LogP contribution in [0.15, 0.2) is 24.3 Å². The van der Waals surface area contributed by atoms with E-state index in [1.165, 1.54) is 23.7 Å². The number of hydrogen-bond donors (Lipinski definition) is 2. The molecule has 2 aliphatic rings. The molecule has 3 rings (SSSR count). The quantitative estimate of drug-likeness (QED) is 0.469. The summed E-state index contributed by atoms with van der Waals surface area (Å²) in [4.78, 5) is 24.4. The first-order valence-electron chi connectivity index (χ1n) is 10.4. The van der Waals surface area contributed by atoms with E-state index in [2.05, 4.69) is 0 Å². The molecule has 0 saturated carbocycles. The van der Waals surface area contributed by atoms with Gasteiger partial charge in [0.2, 0.25) is 10.0 Å². The van der Waals surface area contributed by atoms with Crippen LogP contribution in [-0.2, 0) is 21.0 Å². The van der Waals surface area contributed by atoms with E-state index in [1.54, 1.807) is 0 Å². The first kappa shape index (κ1) is 25.2. The molecule has 33 heavy (non-hydrogen) atoms. The highest BCUT2D eigenvalue weighted by molar-refractivity contribution is 7.89. The first-order chi connectivity index (χ1) is 15.4. The largest absolute Gasteiger partial charge is 0.530 e. The summed E-state index contributed by atoms with van der Waals surface area (Å²) in [6.45, 7) is -0.272. The number of nitrogens with one attached hydrogen (secondary N) is 1. The van der Waals surface area contributed by atoms with Crippen molar-refractivity contribution in [1.29, 1.82) is 0 Å². The molecular formula is C20H25F3N3O6S-. The molecule has 0 aliphatic carbocycles. The van der Waals surface area contributed by atoms with Crippen molar-refractivity contribution < 1.29 is 41.5 Å². The van der Waals surface area contributed by atoms with Gasteiger partial charge in [-0.15, -0.1) is 0 Å². The highest BCUT2D eigenvalue weighted by Crippen LogP contribution is 2.40. The number of hydroxylamine groups is 1.